The lowest BCUT2D eigenvalue weighted by Gasteiger charge is -2.25. The fourth-order valence-corrected chi connectivity index (χ4v) is 1.77. The monoisotopic (exact) mass is 250 g/mol. The summed E-state index contributed by atoms with van der Waals surface area (Å²) in [4.78, 5) is 13.5. The molecule has 2 rings (SSSR count). The molecule has 1 aliphatic heterocycles. The molecule has 0 aliphatic carbocycles. The molecule has 0 aromatic heterocycles. The van der Waals surface area contributed by atoms with E-state index in [1.165, 1.54) is 0 Å². The van der Waals surface area contributed by atoms with E-state index in [-0.39, 0.29) is 5.91 Å². The number of amides is 1. The molecule has 1 heterocycles. The zero-order chi connectivity index (χ0) is 14.3. The second kappa shape index (κ2) is 7.75. The van der Waals surface area contributed by atoms with Gasteiger partial charge in [0.05, 0.1) is 0 Å². The highest BCUT2D eigenvalue weighted by Crippen LogP contribution is 2.23. The number of nitrogens with two attached hydrogens (primary N) is 1. The van der Waals surface area contributed by atoms with Crippen molar-refractivity contribution in [3.63, 3.8) is 0 Å². The van der Waals surface area contributed by atoms with Crippen LogP contribution in [0.5, 0.6) is 0 Å². The number of carbonyl (C=O) groups is 1. The Bertz CT molecular complexity index is 400. The Hall–Kier alpha value is -1.51. The Kier molecular flexibility index (Phi) is 7.10. The van der Waals surface area contributed by atoms with Crippen molar-refractivity contribution >= 4 is 11.6 Å². The Balaban J connectivity index is 0.000000659. The van der Waals surface area contributed by atoms with E-state index in [1.807, 2.05) is 53.8 Å². The van der Waals surface area contributed by atoms with Crippen molar-refractivity contribution in [2.75, 3.05) is 19.3 Å². The lowest BCUT2D eigenvalue weighted by molar-refractivity contribution is 0.0781. The van der Waals surface area contributed by atoms with Gasteiger partial charge < -0.3 is 10.6 Å². The minimum absolute atomic E-state index is 0.106. The minimum atomic E-state index is 0.106. The van der Waals surface area contributed by atoms with Crippen LogP contribution in [0.3, 0.4) is 0 Å². The average Bonchev–Trinajstić information content (AvgIpc) is 2.41. The molecule has 1 aromatic carbocycles. The van der Waals surface area contributed by atoms with Gasteiger partial charge >= 0.3 is 0 Å². The maximum atomic E-state index is 11.8. The number of hydrogen-bond donors (Lipinski definition) is 1. The molecule has 0 unspecified atom stereocenters. The van der Waals surface area contributed by atoms with Crippen LogP contribution in [0.2, 0.25) is 0 Å². The van der Waals surface area contributed by atoms with Gasteiger partial charge in [-0.15, -0.1) is 0 Å². The summed E-state index contributed by atoms with van der Waals surface area (Å²) in [5, 5.41) is 0. The van der Waals surface area contributed by atoms with Gasteiger partial charge in [0, 0.05) is 24.8 Å². The molecule has 0 saturated carbocycles. The standard InChI is InChI=1S/C11H14N2O.2C2H6/c1-7-5-9-8(6-10(7)12)3-4-13(2)11(9)14;2*1-2/h5-6H,3-4,12H2,1-2H3;2*1-2H3. The van der Waals surface area contributed by atoms with Crippen molar-refractivity contribution in [1.29, 1.82) is 0 Å². The highest BCUT2D eigenvalue weighted by Gasteiger charge is 2.21. The molecule has 0 fully saturated rings. The summed E-state index contributed by atoms with van der Waals surface area (Å²) in [5.41, 5.74) is 9.45. The van der Waals surface area contributed by atoms with Gasteiger partial charge in [-0.2, -0.15) is 0 Å². The first kappa shape index (κ1) is 16.5. The van der Waals surface area contributed by atoms with Gasteiger partial charge in [0.2, 0.25) is 0 Å². The Morgan fingerprint density at radius 2 is 1.72 bits per heavy atom. The van der Waals surface area contributed by atoms with E-state index in [9.17, 15) is 4.79 Å². The number of fused-ring (bicyclic) bond motifs is 1. The lowest BCUT2D eigenvalue weighted by Crippen LogP contribution is -2.34. The van der Waals surface area contributed by atoms with Crippen LogP contribution < -0.4 is 5.73 Å². The molecule has 0 radical (unpaired) electrons. The summed E-state index contributed by atoms with van der Waals surface area (Å²) >= 11 is 0. The van der Waals surface area contributed by atoms with Crippen molar-refractivity contribution in [3.8, 4) is 0 Å². The van der Waals surface area contributed by atoms with E-state index in [2.05, 4.69) is 0 Å². The maximum Gasteiger partial charge on any atom is 0.253 e. The number of aryl methyl sites for hydroxylation is 1. The van der Waals surface area contributed by atoms with Gasteiger partial charge in [-0.3, -0.25) is 4.79 Å². The number of rotatable bonds is 0. The first-order valence-electron chi connectivity index (χ1n) is 6.74. The molecule has 1 aliphatic rings. The number of nitrogens with zero attached hydrogens (tertiary/aromatic N) is 1. The van der Waals surface area contributed by atoms with Crippen molar-refractivity contribution in [3.05, 3.63) is 28.8 Å². The van der Waals surface area contributed by atoms with Gasteiger partial charge in [-0.25, -0.2) is 0 Å². The fraction of sp³-hybridized carbons (Fsp3) is 0.533. The SMILES string of the molecule is CC.CC.Cc1cc2c(cc1N)CCN(C)C2=O. The lowest BCUT2D eigenvalue weighted by atomic mass is 9.96. The van der Waals surface area contributed by atoms with Gasteiger partial charge in [0.1, 0.15) is 0 Å². The molecule has 3 heteroatoms. The van der Waals surface area contributed by atoms with Crippen LogP contribution in [0, 0.1) is 6.92 Å². The zero-order valence-electron chi connectivity index (χ0n) is 12.5. The molecule has 2 N–H and O–H groups in total. The van der Waals surface area contributed by atoms with Crippen LogP contribution in [0.25, 0.3) is 0 Å². The molecule has 1 aromatic rings. The largest absolute Gasteiger partial charge is 0.399 e. The third-order valence-corrected chi connectivity index (χ3v) is 2.79. The topological polar surface area (TPSA) is 46.3 Å². The van der Waals surface area contributed by atoms with Crippen molar-refractivity contribution in [1.82, 2.24) is 4.90 Å². The second-order valence-corrected chi connectivity index (χ2v) is 3.84. The number of likely N-dealkylation sites (N-methyl/N-ethyl adjacent to an activating group) is 1. The predicted octanol–water partition coefficient (Wildman–Crippen LogP) is 3.26. The number of anilines is 1. The van der Waals surface area contributed by atoms with Gasteiger partial charge in [-0.1, -0.05) is 27.7 Å². The first-order valence-corrected chi connectivity index (χ1v) is 6.74. The molecule has 0 saturated heterocycles. The van der Waals surface area contributed by atoms with E-state index < -0.39 is 0 Å². The summed E-state index contributed by atoms with van der Waals surface area (Å²) in [7, 11) is 1.83. The van der Waals surface area contributed by atoms with E-state index in [0.29, 0.717) is 0 Å². The van der Waals surface area contributed by atoms with Crippen LogP contribution in [0.1, 0.15) is 49.2 Å². The zero-order valence-corrected chi connectivity index (χ0v) is 12.5. The minimum Gasteiger partial charge on any atom is -0.399 e. The van der Waals surface area contributed by atoms with E-state index in [4.69, 9.17) is 5.73 Å². The van der Waals surface area contributed by atoms with Crippen LogP contribution in [-0.2, 0) is 6.42 Å². The molecular weight excluding hydrogens is 224 g/mol. The molecule has 1 amide bonds. The number of nitrogen functional groups attached to an aromatic ring is 1. The maximum absolute atomic E-state index is 11.8. The van der Waals surface area contributed by atoms with Crippen molar-refractivity contribution < 1.29 is 4.79 Å². The fourth-order valence-electron chi connectivity index (χ4n) is 1.77. The average molecular weight is 250 g/mol. The number of hydrogen-bond acceptors (Lipinski definition) is 2. The molecule has 3 nitrogen and oxygen atoms in total. The highest BCUT2D eigenvalue weighted by atomic mass is 16.2. The summed E-state index contributed by atoms with van der Waals surface area (Å²) in [6.45, 7) is 10.7. The Morgan fingerprint density at radius 3 is 2.28 bits per heavy atom. The Labute approximate surface area is 111 Å². The van der Waals surface area contributed by atoms with E-state index in [0.717, 1.165) is 35.3 Å². The molecule has 0 spiro atoms. The first-order chi connectivity index (χ1) is 8.59. The quantitative estimate of drug-likeness (QED) is 0.718. The normalized spacial score (nSPS) is 12.8. The third kappa shape index (κ3) is 3.49. The van der Waals surface area contributed by atoms with Crippen molar-refractivity contribution in [2.24, 2.45) is 0 Å². The van der Waals surface area contributed by atoms with Gasteiger partial charge in [-0.05, 0) is 36.6 Å². The molecule has 0 atom stereocenters. The van der Waals surface area contributed by atoms with Crippen molar-refractivity contribution in [2.45, 2.75) is 41.0 Å². The molecular formula is C15H26N2O. The van der Waals surface area contributed by atoms with Crippen LogP contribution in [-0.4, -0.2) is 24.4 Å². The van der Waals surface area contributed by atoms with E-state index in [1.54, 1.807) is 4.90 Å². The smallest absolute Gasteiger partial charge is 0.253 e. The molecule has 102 valence electrons. The van der Waals surface area contributed by atoms with E-state index >= 15 is 0 Å². The summed E-state index contributed by atoms with van der Waals surface area (Å²) < 4.78 is 0. The van der Waals surface area contributed by atoms with Crippen LogP contribution in [0.4, 0.5) is 5.69 Å². The third-order valence-electron chi connectivity index (χ3n) is 2.79. The number of carbonyl (C=O) groups excluding carboxylic acids is 1. The second-order valence-electron chi connectivity index (χ2n) is 3.84. The Morgan fingerprint density at radius 1 is 1.17 bits per heavy atom. The summed E-state index contributed by atoms with van der Waals surface area (Å²) in [6, 6.07) is 3.82. The number of benzene rings is 1. The highest BCUT2D eigenvalue weighted by molar-refractivity contribution is 5.97. The summed E-state index contributed by atoms with van der Waals surface area (Å²) in [6.07, 6.45) is 0.905. The molecule has 18 heavy (non-hydrogen) atoms. The van der Waals surface area contributed by atoms with Crippen LogP contribution in [0.15, 0.2) is 12.1 Å². The molecule has 0 bridgehead atoms. The van der Waals surface area contributed by atoms with Crippen LogP contribution >= 0.6 is 0 Å². The predicted molar refractivity (Wildman–Crippen MR) is 79.0 cm³/mol. The summed E-state index contributed by atoms with van der Waals surface area (Å²) in [5.74, 6) is 0.106. The van der Waals surface area contributed by atoms with Gasteiger partial charge in [0.25, 0.3) is 5.91 Å². The van der Waals surface area contributed by atoms with Gasteiger partial charge in [0.15, 0.2) is 0 Å².